The van der Waals surface area contributed by atoms with Gasteiger partial charge < -0.3 is 14.7 Å². The van der Waals surface area contributed by atoms with Crippen LogP contribution in [0.2, 0.25) is 5.02 Å². The summed E-state index contributed by atoms with van der Waals surface area (Å²) in [6, 6.07) is 4.65. The summed E-state index contributed by atoms with van der Waals surface area (Å²) < 4.78 is 45.3. The fourth-order valence-corrected chi connectivity index (χ4v) is 4.54. The van der Waals surface area contributed by atoms with Crippen LogP contribution in [-0.2, 0) is 17.5 Å². The molecule has 7 nitrogen and oxygen atoms in total. The van der Waals surface area contributed by atoms with Gasteiger partial charge >= 0.3 is 18.2 Å². The summed E-state index contributed by atoms with van der Waals surface area (Å²) in [6.07, 6.45) is -1.89. The largest absolute Gasteiger partial charge is 0.476 e. The van der Waals surface area contributed by atoms with Gasteiger partial charge in [0.2, 0.25) is 0 Å². The molecule has 1 N–H and O–H groups in total. The highest BCUT2D eigenvalue weighted by atomic mass is 35.5. The minimum atomic E-state index is -4.39. The van der Waals surface area contributed by atoms with E-state index in [4.69, 9.17) is 21.4 Å². The van der Waals surface area contributed by atoms with E-state index in [1.54, 1.807) is 11.0 Å². The number of nitrogens with zero attached hydrogens (tertiary/aromatic N) is 3. The van der Waals surface area contributed by atoms with Crippen molar-refractivity contribution in [1.82, 2.24) is 14.7 Å². The summed E-state index contributed by atoms with van der Waals surface area (Å²) in [6.45, 7) is 1.06. The first-order chi connectivity index (χ1) is 14.6. The molecule has 2 aliphatic rings. The number of amides is 1. The lowest BCUT2D eigenvalue weighted by Crippen LogP contribution is -2.34. The molecule has 0 bridgehead atoms. The zero-order valence-corrected chi connectivity index (χ0v) is 16.9. The van der Waals surface area contributed by atoms with Crippen molar-refractivity contribution in [3.8, 4) is 0 Å². The number of carboxylic acids is 1. The molecule has 31 heavy (non-hydrogen) atoms. The van der Waals surface area contributed by atoms with Crippen LogP contribution in [0.25, 0.3) is 0 Å². The van der Waals surface area contributed by atoms with Gasteiger partial charge in [-0.2, -0.15) is 23.0 Å². The van der Waals surface area contributed by atoms with E-state index in [1.807, 2.05) is 0 Å². The summed E-state index contributed by atoms with van der Waals surface area (Å²) in [4.78, 5) is 25.3. The SMILES string of the molecule is O=C(O)c1nn(C(=O)N2C[C@H]3CC(OCc4cccc(C(F)(F)F)c4)C[C@H]3C2)cc1Cl. The van der Waals surface area contributed by atoms with Gasteiger partial charge in [0.15, 0.2) is 5.69 Å². The van der Waals surface area contributed by atoms with Crippen molar-refractivity contribution in [2.24, 2.45) is 11.8 Å². The van der Waals surface area contributed by atoms with Crippen LogP contribution in [0, 0.1) is 11.8 Å². The molecule has 1 aromatic carbocycles. The lowest BCUT2D eigenvalue weighted by Gasteiger charge is -2.19. The van der Waals surface area contributed by atoms with Crippen LogP contribution in [0.1, 0.15) is 34.5 Å². The number of ether oxygens (including phenoxy) is 1. The second kappa shape index (κ2) is 8.16. The number of aromatic carboxylic acids is 1. The normalized spacial score (nSPS) is 23.2. The summed E-state index contributed by atoms with van der Waals surface area (Å²) >= 11 is 5.81. The Morgan fingerprint density at radius 2 is 1.90 bits per heavy atom. The van der Waals surface area contributed by atoms with Gasteiger partial charge in [-0.3, -0.25) is 0 Å². The topological polar surface area (TPSA) is 84.7 Å². The minimum Gasteiger partial charge on any atom is -0.476 e. The maximum atomic E-state index is 12.8. The van der Waals surface area contributed by atoms with Crippen molar-refractivity contribution in [2.45, 2.75) is 31.7 Å². The molecule has 1 amide bonds. The molecule has 1 aliphatic carbocycles. The Morgan fingerprint density at radius 1 is 1.23 bits per heavy atom. The number of alkyl halides is 3. The molecule has 2 aromatic rings. The second-order valence-corrected chi connectivity index (χ2v) is 8.29. The highest BCUT2D eigenvalue weighted by Crippen LogP contribution is 2.40. The van der Waals surface area contributed by atoms with Crippen molar-refractivity contribution >= 4 is 23.6 Å². The first-order valence-corrected chi connectivity index (χ1v) is 10.0. The third-order valence-corrected chi connectivity index (χ3v) is 6.06. The average molecular weight is 458 g/mol. The Morgan fingerprint density at radius 3 is 2.48 bits per heavy atom. The molecule has 1 aliphatic heterocycles. The molecule has 1 aromatic heterocycles. The Labute approximate surface area is 180 Å². The number of rotatable bonds is 4. The number of fused-ring (bicyclic) bond motifs is 1. The lowest BCUT2D eigenvalue weighted by molar-refractivity contribution is -0.137. The van der Waals surface area contributed by atoms with E-state index in [2.05, 4.69) is 5.10 Å². The van der Waals surface area contributed by atoms with Crippen LogP contribution in [0.15, 0.2) is 30.5 Å². The molecular formula is C20H19ClF3N3O4. The number of hydrogen-bond acceptors (Lipinski definition) is 4. The first-order valence-electron chi connectivity index (χ1n) is 9.67. The molecule has 0 spiro atoms. The van der Waals surface area contributed by atoms with Crippen molar-refractivity contribution in [3.63, 3.8) is 0 Å². The maximum Gasteiger partial charge on any atom is 0.416 e. The van der Waals surface area contributed by atoms with Crippen LogP contribution < -0.4 is 0 Å². The number of aromatic nitrogens is 2. The molecule has 2 heterocycles. The van der Waals surface area contributed by atoms with Crippen molar-refractivity contribution in [3.05, 3.63) is 52.3 Å². The molecule has 2 fully saturated rings. The standard InChI is InChI=1S/C20H19ClF3N3O4/c21-16-9-27(25-17(16)18(28)29)19(30)26-7-12-5-15(6-13(12)8-26)31-10-11-2-1-3-14(4-11)20(22,23)24/h1-4,9,12-13,15H,5-8,10H2,(H,28,29)/t12-,13+,15?. The van der Waals surface area contributed by atoms with Crippen molar-refractivity contribution in [1.29, 1.82) is 0 Å². The van der Waals surface area contributed by atoms with Crippen LogP contribution in [0.4, 0.5) is 18.0 Å². The lowest BCUT2D eigenvalue weighted by atomic mass is 10.0. The summed E-state index contributed by atoms with van der Waals surface area (Å²) in [7, 11) is 0. The predicted molar refractivity (Wildman–Crippen MR) is 103 cm³/mol. The van der Waals surface area contributed by atoms with Gasteiger partial charge in [0, 0.05) is 13.1 Å². The van der Waals surface area contributed by atoms with E-state index in [9.17, 15) is 22.8 Å². The minimum absolute atomic E-state index is 0.0837. The number of halogens is 4. The highest BCUT2D eigenvalue weighted by Gasteiger charge is 2.43. The fourth-order valence-electron chi connectivity index (χ4n) is 4.33. The van der Waals surface area contributed by atoms with Crippen LogP contribution >= 0.6 is 11.6 Å². The average Bonchev–Trinajstić information content (AvgIpc) is 3.38. The van der Waals surface area contributed by atoms with Gasteiger partial charge in [0.1, 0.15) is 0 Å². The van der Waals surface area contributed by atoms with Crippen LogP contribution in [-0.4, -0.2) is 51.0 Å². The smallest absolute Gasteiger partial charge is 0.416 e. The number of carbonyl (C=O) groups excluding carboxylic acids is 1. The van der Waals surface area contributed by atoms with Gasteiger partial charge in [-0.1, -0.05) is 23.7 Å². The quantitative estimate of drug-likeness (QED) is 0.745. The van der Waals surface area contributed by atoms with Gasteiger partial charge in [0.05, 0.1) is 29.5 Å². The highest BCUT2D eigenvalue weighted by molar-refractivity contribution is 6.33. The van der Waals surface area contributed by atoms with Gasteiger partial charge in [0.25, 0.3) is 0 Å². The Hall–Kier alpha value is -2.59. The van der Waals surface area contributed by atoms with Gasteiger partial charge in [-0.15, -0.1) is 0 Å². The third kappa shape index (κ3) is 4.54. The van der Waals surface area contributed by atoms with E-state index in [1.165, 1.54) is 12.3 Å². The fraction of sp³-hybridized carbons (Fsp3) is 0.450. The molecule has 1 saturated carbocycles. The number of likely N-dealkylation sites (tertiary alicyclic amines) is 1. The number of benzene rings is 1. The van der Waals surface area contributed by atoms with Gasteiger partial charge in [-0.05, 0) is 42.4 Å². The van der Waals surface area contributed by atoms with E-state index in [0.29, 0.717) is 31.5 Å². The Kier molecular flexibility index (Phi) is 5.69. The summed E-state index contributed by atoms with van der Waals surface area (Å²) in [5.74, 6) is -0.892. The van der Waals surface area contributed by atoms with E-state index < -0.39 is 23.7 Å². The van der Waals surface area contributed by atoms with E-state index >= 15 is 0 Å². The maximum absolute atomic E-state index is 12.8. The number of carbonyl (C=O) groups is 2. The van der Waals surface area contributed by atoms with Crippen molar-refractivity contribution in [2.75, 3.05) is 13.1 Å². The molecule has 1 unspecified atom stereocenters. The molecular weight excluding hydrogens is 439 g/mol. The van der Waals surface area contributed by atoms with Gasteiger partial charge in [-0.25, -0.2) is 9.59 Å². The molecule has 11 heteroatoms. The van der Waals surface area contributed by atoms with E-state index in [0.717, 1.165) is 16.8 Å². The zero-order valence-electron chi connectivity index (χ0n) is 16.2. The van der Waals surface area contributed by atoms with E-state index in [-0.39, 0.29) is 35.3 Å². The number of hydrogen-bond donors (Lipinski definition) is 1. The summed E-state index contributed by atoms with van der Waals surface area (Å²) in [5.41, 5.74) is -0.609. The Balaban J connectivity index is 1.31. The Bertz CT molecular complexity index is 996. The monoisotopic (exact) mass is 457 g/mol. The first kappa shape index (κ1) is 21.6. The molecule has 1 saturated heterocycles. The molecule has 166 valence electrons. The van der Waals surface area contributed by atoms with Crippen molar-refractivity contribution < 1.29 is 32.6 Å². The number of carboxylic acid groups (broad SMARTS) is 1. The molecule has 3 atom stereocenters. The second-order valence-electron chi connectivity index (χ2n) is 7.89. The van der Waals surface area contributed by atoms with Crippen LogP contribution in [0.3, 0.4) is 0 Å². The summed E-state index contributed by atoms with van der Waals surface area (Å²) in [5, 5.41) is 12.7. The molecule has 4 rings (SSSR count). The third-order valence-electron chi connectivity index (χ3n) is 5.79. The van der Waals surface area contributed by atoms with Crippen LogP contribution in [0.5, 0.6) is 0 Å². The zero-order chi connectivity index (χ0) is 22.3. The molecule has 0 radical (unpaired) electrons. The predicted octanol–water partition coefficient (Wildman–Crippen LogP) is 4.15.